The first-order valence-electron chi connectivity index (χ1n) is 13.1. The topological polar surface area (TPSA) is 103 Å². The Morgan fingerprint density at radius 3 is 2.67 bits per heavy atom. The molecule has 3 aromatic carbocycles. The quantitative estimate of drug-likeness (QED) is 0.151. The van der Waals surface area contributed by atoms with Crippen LogP contribution < -0.4 is 15.4 Å². The number of nitriles is 1. The zero-order chi connectivity index (χ0) is 30.3. The van der Waals surface area contributed by atoms with Crippen molar-refractivity contribution in [3.63, 3.8) is 0 Å². The van der Waals surface area contributed by atoms with Gasteiger partial charge in [0.25, 0.3) is 0 Å². The van der Waals surface area contributed by atoms with Gasteiger partial charge >= 0.3 is 0 Å². The fraction of sp³-hybridized carbons (Fsp3) is 0.125. The summed E-state index contributed by atoms with van der Waals surface area (Å²) in [7, 11) is 5.37. The van der Waals surface area contributed by atoms with E-state index in [0.29, 0.717) is 50.8 Å². The first-order chi connectivity index (χ1) is 20.8. The zero-order valence-corrected chi connectivity index (χ0v) is 26.0. The Hall–Kier alpha value is -4.40. The van der Waals surface area contributed by atoms with E-state index in [-0.39, 0.29) is 5.91 Å². The molecule has 0 bridgehead atoms. The van der Waals surface area contributed by atoms with Gasteiger partial charge in [-0.1, -0.05) is 59.8 Å². The van der Waals surface area contributed by atoms with Gasteiger partial charge in [-0.05, 0) is 43.9 Å². The third-order valence-electron chi connectivity index (χ3n) is 6.25. The lowest BCUT2D eigenvalue weighted by Gasteiger charge is -2.15. The minimum Gasteiger partial charge on any atom is -0.494 e. The van der Waals surface area contributed by atoms with Crippen LogP contribution in [0.4, 0.5) is 17.1 Å². The third-order valence-corrected chi connectivity index (χ3v) is 8.87. The van der Waals surface area contributed by atoms with Crippen LogP contribution in [-0.2, 0) is 4.79 Å². The molecule has 5 rings (SSSR count). The van der Waals surface area contributed by atoms with Gasteiger partial charge in [0, 0.05) is 47.0 Å². The number of likely N-dealkylation sites (N-methyl/N-ethyl adjacent to an activating group) is 1. The molecule has 43 heavy (non-hydrogen) atoms. The molecule has 0 unspecified atom stereocenters. The molecule has 216 valence electrons. The van der Waals surface area contributed by atoms with Gasteiger partial charge in [0.05, 0.1) is 39.5 Å². The zero-order valence-electron chi connectivity index (χ0n) is 23.6. The molecule has 0 aliphatic heterocycles. The van der Waals surface area contributed by atoms with E-state index in [1.807, 2.05) is 61.6 Å². The number of hydrogen-bond acceptors (Lipinski definition) is 9. The maximum Gasteiger partial charge on any atom is 0.248 e. The molecule has 0 spiro atoms. The van der Waals surface area contributed by atoms with E-state index < -0.39 is 0 Å². The highest BCUT2D eigenvalue weighted by atomic mass is 35.5. The molecular formula is C32H27ClN6O2S2. The number of anilines is 3. The molecule has 11 heteroatoms. The highest BCUT2D eigenvalue weighted by Crippen LogP contribution is 2.40. The van der Waals surface area contributed by atoms with Crippen molar-refractivity contribution >= 4 is 68.6 Å². The molecule has 5 aromatic rings. The smallest absolute Gasteiger partial charge is 0.248 e. The Bertz CT molecular complexity index is 1850. The molecule has 0 aliphatic rings. The molecule has 8 nitrogen and oxygen atoms in total. The lowest BCUT2D eigenvalue weighted by atomic mass is 10.1. The van der Waals surface area contributed by atoms with E-state index in [2.05, 4.69) is 38.8 Å². The van der Waals surface area contributed by atoms with E-state index in [4.69, 9.17) is 16.3 Å². The summed E-state index contributed by atoms with van der Waals surface area (Å²) >= 11 is 9.81. The fourth-order valence-electron chi connectivity index (χ4n) is 4.19. The van der Waals surface area contributed by atoms with Crippen molar-refractivity contribution in [2.75, 3.05) is 38.4 Å². The Morgan fingerprint density at radius 2 is 1.95 bits per heavy atom. The normalized spacial score (nSPS) is 11.2. The highest BCUT2D eigenvalue weighted by molar-refractivity contribution is 8.01. The summed E-state index contributed by atoms with van der Waals surface area (Å²) in [5.74, 6) is 0.154. The van der Waals surface area contributed by atoms with Gasteiger partial charge in [-0.3, -0.25) is 9.78 Å². The standard InChI is InChI=1S/C32H27ClN6O2S2/c1-39(2)13-7-10-30(40)38-26-15-23-25(16-27(26)41-3)35-18-21(17-34)31(23)37-22-11-12-28(24(33)14-22)42-32-36-19-29(43-32)20-8-5-4-6-9-20/h4-12,14-16,18-19H,13H2,1-3H3,(H,35,37)(H,38,40)/b10-7+. The number of halogens is 1. The largest absolute Gasteiger partial charge is 0.494 e. The Labute approximate surface area is 263 Å². The lowest BCUT2D eigenvalue weighted by molar-refractivity contribution is -0.111. The van der Waals surface area contributed by atoms with Crippen LogP contribution in [0.3, 0.4) is 0 Å². The predicted octanol–water partition coefficient (Wildman–Crippen LogP) is 7.84. The summed E-state index contributed by atoms with van der Waals surface area (Å²) in [6, 6.07) is 21.4. The van der Waals surface area contributed by atoms with E-state index >= 15 is 0 Å². The molecule has 2 N–H and O–H groups in total. The maximum absolute atomic E-state index is 12.6. The molecule has 0 saturated heterocycles. The average Bonchev–Trinajstić information content (AvgIpc) is 3.47. The van der Waals surface area contributed by atoms with Gasteiger partial charge in [0.2, 0.25) is 5.91 Å². The molecule has 2 aromatic heterocycles. The van der Waals surface area contributed by atoms with Crippen LogP contribution in [-0.4, -0.2) is 48.5 Å². The van der Waals surface area contributed by atoms with Gasteiger partial charge in [0.15, 0.2) is 4.34 Å². The monoisotopic (exact) mass is 626 g/mol. The van der Waals surface area contributed by atoms with Crippen LogP contribution in [0, 0.1) is 11.3 Å². The number of benzene rings is 3. The van der Waals surface area contributed by atoms with Crippen molar-refractivity contribution < 1.29 is 9.53 Å². The number of amides is 1. The number of nitrogens with zero attached hydrogens (tertiary/aromatic N) is 4. The second-order valence-electron chi connectivity index (χ2n) is 9.61. The number of carbonyl (C=O) groups is 1. The molecule has 0 atom stereocenters. The van der Waals surface area contributed by atoms with Crippen LogP contribution in [0.2, 0.25) is 5.02 Å². The summed E-state index contributed by atoms with van der Waals surface area (Å²) in [6.45, 7) is 0.629. The Kier molecular flexibility index (Phi) is 9.59. The van der Waals surface area contributed by atoms with Crippen LogP contribution in [0.15, 0.2) is 94.4 Å². The van der Waals surface area contributed by atoms with Gasteiger partial charge < -0.3 is 20.3 Å². The van der Waals surface area contributed by atoms with E-state index in [1.165, 1.54) is 31.1 Å². The highest BCUT2D eigenvalue weighted by Gasteiger charge is 2.16. The number of thiazole rings is 1. The second kappa shape index (κ2) is 13.7. The molecule has 0 aliphatic carbocycles. The van der Waals surface area contributed by atoms with Gasteiger partial charge in [-0.15, -0.1) is 11.3 Å². The minimum atomic E-state index is -0.297. The van der Waals surface area contributed by atoms with Gasteiger partial charge in [0.1, 0.15) is 11.8 Å². The fourth-order valence-corrected chi connectivity index (χ4v) is 6.43. The number of fused-ring (bicyclic) bond motifs is 1. The summed E-state index contributed by atoms with van der Waals surface area (Å²) in [5.41, 5.74) is 3.74. The van der Waals surface area contributed by atoms with Gasteiger partial charge in [-0.25, -0.2) is 4.98 Å². The van der Waals surface area contributed by atoms with Crippen molar-refractivity contribution in [3.05, 3.63) is 95.8 Å². The second-order valence-corrected chi connectivity index (χ2v) is 12.3. The molecule has 2 heterocycles. The first-order valence-corrected chi connectivity index (χ1v) is 15.1. The predicted molar refractivity (Wildman–Crippen MR) is 176 cm³/mol. The summed E-state index contributed by atoms with van der Waals surface area (Å²) in [6.07, 6.45) is 6.62. The van der Waals surface area contributed by atoms with Crippen molar-refractivity contribution in [1.82, 2.24) is 14.9 Å². The molecule has 1 amide bonds. The average molecular weight is 627 g/mol. The van der Waals surface area contributed by atoms with Gasteiger partial charge in [-0.2, -0.15) is 5.26 Å². The molecule has 0 radical (unpaired) electrons. The summed E-state index contributed by atoms with van der Waals surface area (Å²) in [5, 5.41) is 17.3. The van der Waals surface area contributed by atoms with E-state index in [0.717, 1.165) is 19.7 Å². The number of ether oxygens (including phenoxy) is 1. The molecule has 0 saturated carbocycles. The number of nitrogens with one attached hydrogen (secondary N) is 2. The summed E-state index contributed by atoms with van der Waals surface area (Å²) in [4.78, 5) is 25.5. The van der Waals surface area contributed by atoms with Crippen molar-refractivity contribution in [1.29, 1.82) is 5.26 Å². The maximum atomic E-state index is 12.6. The third kappa shape index (κ3) is 7.34. The van der Waals surface area contributed by atoms with Crippen molar-refractivity contribution in [2.45, 2.75) is 9.24 Å². The first kappa shape index (κ1) is 30.1. The van der Waals surface area contributed by atoms with E-state index in [9.17, 15) is 10.1 Å². The lowest BCUT2D eigenvalue weighted by Crippen LogP contribution is -2.13. The van der Waals surface area contributed by atoms with Crippen LogP contribution in [0.25, 0.3) is 21.3 Å². The summed E-state index contributed by atoms with van der Waals surface area (Å²) < 4.78 is 6.40. The van der Waals surface area contributed by atoms with Crippen LogP contribution in [0.5, 0.6) is 5.75 Å². The number of pyridine rings is 1. The van der Waals surface area contributed by atoms with E-state index in [1.54, 1.807) is 29.5 Å². The number of methoxy groups -OCH3 is 1. The van der Waals surface area contributed by atoms with Crippen molar-refractivity contribution in [2.24, 2.45) is 0 Å². The minimum absolute atomic E-state index is 0.297. The SMILES string of the molecule is COc1cc2ncc(C#N)c(Nc3ccc(Sc4ncc(-c5ccccc5)s4)c(Cl)c3)c2cc1NC(=O)/C=C/CN(C)C. The Morgan fingerprint density at radius 1 is 1.14 bits per heavy atom. The number of rotatable bonds is 10. The number of hydrogen-bond donors (Lipinski definition) is 2. The van der Waals surface area contributed by atoms with Crippen LogP contribution >= 0.6 is 34.7 Å². The number of aromatic nitrogens is 2. The molecule has 0 fully saturated rings. The van der Waals surface area contributed by atoms with Crippen LogP contribution in [0.1, 0.15) is 5.56 Å². The van der Waals surface area contributed by atoms with Crippen molar-refractivity contribution in [3.8, 4) is 22.3 Å². The molecular weight excluding hydrogens is 600 g/mol. The Balaban J connectivity index is 1.41. The number of carbonyl (C=O) groups excluding carboxylic acids is 1.